The van der Waals surface area contributed by atoms with Gasteiger partial charge in [-0.05, 0) is 54.4 Å². The molecule has 0 fully saturated rings. The number of benzene rings is 3. The van der Waals surface area contributed by atoms with Crippen molar-refractivity contribution < 1.29 is 26.0 Å². The SMILES string of the molecule is Cc1ccc(S(=O)(=O)N(C)C)cc1NC(=O)CN(Cc1ccc(F)cc1)S(=O)(=O)c1ccccc1. The van der Waals surface area contributed by atoms with Crippen LogP contribution in [0.25, 0.3) is 0 Å². The number of nitrogens with one attached hydrogen (secondary N) is 1. The van der Waals surface area contributed by atoms with E-state index in [1.165, 1.54) is 62.6 Å². The molecule has 35 heavy (non-hydrogen) atoms. The minimum atomic E-state index is -4.07. The first kappa shape index (κ1) is 26.5. The molecule has 186 valence electrons. The third-order valence-electron chi connectivity index (χ3n) is 5.23. The van der Waals surface area contributed by atoms with Crippen LogP contribution in [-0.4, -0.2) is 52.0 Å². The fourth-order valence-electron chi connectivity index (χ4n) is 3.22. The van der Waals surface area contributed by atoms with Gasteiger partial charge in [-0.3, -0.25) is 4.79 Å². The zero-order valence-corrected chi connectivity index (χ0v) is 21.1. The van der Waals surface area contributed by atoms with E-state index >= 15 is 0 Å². The highest BCUT2D eigenvalue weighted by Crippen LogP contribution is 2.23. The molecular formula is C24H26FN3O5S2. The maximum atomic E-state index is 13.3. The number of nitrogens with zero attached hydrogens (tertiary/aromatic N) is 2. The summed E-state index contributed by atoms with van der Waals surface area (Å²) in [5.74, 6) is -1.12. The number of carbonyl (C=O) groups is 1. The Morgan fingerprint density at radius 2 is 1.49 bits per heavy atom. The molecule has 0 aliphatic carbocycles. The van der Waals surface area contributed by atoms with Gasteiger partial charge in [0.1, 0.15) is 5.82 Å². The molecule has 0 radical (unpaired) electrons. The van der Waals surface area contributed by atoms with E-state index in [1.807, 2.05) is 0 Å². The van der Waals surface area contributed by atoms with Gasteiger partial charge in [0.2, 0.25) is 26.0 Å². The summed E-state index contributed by atoms with van der Waals surface area (Å²) in [5, 5.41) is 2.62. The van der Waals surface area contributed by atoms with Crippen LogP contribution in [0.2, 0.25) is 0 Å². The highest BCUT2D eigenvalue weighted by molar-refractivity contribution is 7.89. The average Bonchev–Trinajstić information content (AvgIpc) is 2.81. The molecule has 0 aromatic heterocycles. The number of aryl methyl sites for hydroxylation is 1. The van der Waals surface area contributed by atoms with Crippen molar-refractivity contribution in [2.45, 2.75) is 23.3 Å². The van der Waals surface area contributed by atoms with Crippen LogP contribution in [0.3, 0.4) is 0 Å². The van der Waals surface area contributed by atoms with E-state index in [1.54, 1.807) is 31.2 Å². The zero-order chi connectivity index (χ0) is 25.8. The fourth-order valence-corrected chi connectivity index (χ4v) is 5.55. The molecule has 0 bridgehead atoms. The van der Waals surface area contributed by atoms with Crippen molar-refractivity contribution in [1.82, 2.24) is 8.61 Å². The Morgan fingerprint density at radius 3 is 2.09 bits per heavy atom. The minimum Gasteiger partial charge on any atom is -0.325 e. The van der Waals surface area contributed by atoms with Crippen LogP contribution >= 0.6 is 0 Å². The Balaban J connectivity index is 1.90. The lowest BCUT2D eigenvalue weighted by Crippen LogP contribution is -2.37. The number of hydrogen-bond donors (Lipinski definition) is 1. The molecule has 11 heteroatoms. The molecule has 1 amide bonds. The summed E-state index contributed by atoms with van der Waals surface area (Å²) in [5.41, 5.74) is 1.35. The van der Waals surface area contributed by atoms with Gasteiger partial charge in [-0.25, -0.2) is 25.5 Å². The molecule has 0 atom stereocenters. The van der Waals surface area contributed by atoms with Crippen molar-refractivity contribution in [3.8, 4) is 0 Å². The van der Waals surface area contributed by atoms with E-state index in [2.05, 4.69) is 5.32 Å². The second-order valence-corrected chi connectivity index (χ2v) is 12.1. The van der Waals surface area contributed by atoms with Crippen LogP contribution in [0.1, 0.15) is 11.1 Å². The van der Waals surface area contributed by atoms with Crippen molar-refractivity contribution in [2.75, 3.05) is 26.0 Å². The van der Waals surface area contributed by atoms with E-state index in [0.29, 0.717) is 11.1 Å². The second-order valence-electron chi connectivity index (χ2n) is 8.02. The van der Waals surface area contributed by atoms with E-state index in [-0.39, 0.29) is 22.0 Å². The van der Waals surface area contributed by atoms with Gasteiger partial charge in [-0.1, -0.05) is 36.4 Å². The van der Waals surface area contributed by atoms with E-state index < -0.39 is 38.3 Å². The first-order chi connectivity index (χ1) is 16.4. The van der Waals surface area contributed by atoms with Gasteiger partial charge in [-0.15, -0.1) is 0 Å². The molecule has 0 aliphatic rings. The smallest absolute Gasteiger partial charge is 0.243 e. The van der Waals surface area contributed by atoms with Crippen molar-refractivity contribution in [2.24, 2.45) is 0 Å². The second kappa shape index (κ2) is 10.6. The van der Waals surface area contributed by atoms with Crippen LogP contribution < -0.4 is 5.32 Å². The quantitative estimate of drug-likeness (QED) is 0.468. The van der Waals surface area contributed by atoms with Crippen molar-refractivity contribution in [3.63, 3.8) is 0 Å². The Morgan fingerprint density at radius 1 is 0.857 bits per heavy atom. The van der Waals surface area contributed by atoms with Crippen LogP contribution in [0, 0.1) is 12.7 Å². The lowest BCUT2D eigenvalue weighted by Gasteiger charge is -2.22. The number of sulfonamides is 2. The standard InChI is InChI=1S/C24H26FN3O5S2/c1-18-9-14-22(34(30,31)27(2)3)15-23(18)26-24(29)17-28(16-19-10-12-20(25)13-11-19)35(32,33)21-7-5-4-6-8-21/h4-15H,16-17H2,1-3H3,(H,26,29). The monoisotopic (exact) mass is 519 g/mol. The van der Waals surface area contributed by atoms with Gasteiger partial charge in [0, 0.05) is 26.3 Å². The molecule has 3 aromatic carbocycles. The van der Waals surface area contributed by atoms with Crippen LogP contribution in [-0.2, 0) is 31.4 Å². The maximum absolute atomic E-state index is 13.3. The van der Waals surface area contributed by atoms with Crippen LogP contribution in [0.15, 0.2) is 82.6 Å². The number of carbonyl (C=O) groups excluding carboxylic acids is 1. The predicted octanol–water partition coefficient (Wildman–Crippen LogP) is 3.21. The van der Waals surface area contributed by atoms with Crippen molar-refractivity contribution in [1.29, 1.82) is 0 Å². The summed E-state index contributed by atoms with van der Waals surface area (Å²) in [6.45, 7) is 0.982. The van der Waals surface area contributed by atoms with Gasteiger partial charge in [0.05, 0.1) is 16.3 Å². The Kier molecular flexibility index (Phi) is 8.06. The maximum Gasteiger partial charge on any atom is 0.243 e. The number of rotatable bonds is 9. The predicted molar refractivity (Wildman–Crippen MR) is 131 cm³/mol. The Hall–Kier alpha value is -3.12. The van der Waals surface area contributed by atoms with Gasteiger partial charge in [0.25, 0.3) is 0 Å². The summed E-state index contributed by atoms with van der Waals surface area (Å²) in [7, 11) is -5.01. The van der Waals surface area contributed by atoms with Gasteiger partial charge < -0.3 is 5.32 Å². The first-order valence-corrected chi connectivity index (χ1v) is 13.4. The van der Waals surface area contributed by atoms with Crippen molar-refractivity contribution in [3.05, 3.63) is 89.7 Å². The topological polar surface area (TPSA) is 104 Å². The average molecular weight is 520 g/mol. The molecule has 0 saturated carbocycles. The van der Waals surface area contributed by atoms with E-state index in [4.69, 9.17) is 0 Å². The third-order valence-corrected chi connectivity index (χ3v) is 8.85. The minimum absolute atomic E-state index is 0.00478. The number of anilines is 1. The van der Waals surface area contributed by atoms with Gasteiger partial charge in [-0.2, -0.15) is 4.31 Å². The van der Waals surface area contributed by atoms with E-state index in [9.17, 15) is 26.0 Å². The lowest BCUT2D eigenvalue weighted by molar-refractivity contribution is -0.116. The summed E-state index contributed by atoms with van der Waals surface area (Å²) in [6, 6.07) is 17.3. The highest BCUT2D eigenvalue weighted by Gasteiger charge is 2.27. The summed E-state index contributed by atoms with van der Waals surface area (Å²) < 4.78 is 66.9. The molecule has 1 N–H and O–H groups in total. The van der Waals surface area contributed by atoms with E-state index in [0.717, 1.165) is 8.61 Å². The molecule has 0 aliphatic heterocycles. The largest absolute Gasteiger partial charge is 0.325 e. The lowest BCUT2D eigenvalue weighted by atomic mass is 10.2. The van der Waals surface area contributed by atoms with Gasteiger partial charge in [0.15, 0.2) is 0 Å². The molecule has 3 rings (SSSR count). The van der Waals surface area contributed by atoms with Crippen LogP contribution in [0.4, 0.5) is 10.1 Å². The number of hydrogen-bond acceptors (Lipinski definition) is 5. The molecule has 3 aromatic rings. The normalized spacial score (nSPS) is 12.2. The molecule has 0 unspecified atom stereocenters. The van der Waals surface area contributed by atoms with Crippen LogP contribution in [0.5, 0.6) is 0 Å². The van der Waals surface area contributed by atoms with Crippen molar-refractivity contribution >= 4 is 31.6 Å². The summed E-state index contributed by atoms with van der Waals surface area (Å²) >= 11 is 0. The summed E-state index contributed by atoms with van der Waals surface area (Å²) in [6.07, 6.45) is 0. The number of halogens is 1. The Bertz CT molecular complexity index is 1410. The zero-order valence-electron chi connectivity index (χ0n) is 19.5. The fraction of sp³-hybridized carbons (Fsp3) is 0.208. The van der Waals surface area contributed by atoms with Gasteiger partial charge >= 0.3 is 0 Å². The third kappa shape index (κ3) is 6.31. The molecule has 0 spiro atoms. The number of amides is 1. The first-order valence-electron chi connectivity index (χ1n) is 10.5. The highest BCUT2D eigenvalue weighted by atomic mass is 32.2. The Labute approximate surface area is 205 Å². The molecule has 0 saturated heterocycles. The summed E-state index contributed by atoms with van der Waals surface area (Å²) in [4.78, 5) is 12.9. The molecule has 0 heterocycles. The molecular weight excluding hydrogens is 493 g/mol. The molecule has 8 nitrogen and oxygen atoms in total.